The van der Waals surface area contributed by atoms with Crippen molar-refractivity contribution < 1.29 is 14.2 Å². The first-order valence-corrected chi connectivity index (χ1v) is 10.3. The van der Waals surface area contributed by atoms with Crippen LogP contribution in [0.2, 0.25) is 0 Å². The summed E-state index contributed by atoms with van der Waals surface area (Å²) in [7, 11) is 3.79. The topological polar surface area (TPSA) is 27.7 Å². The summed E-state index contributed by atoms with van der Waals surface area (Å²) in [5.41, 5.74) is 6.00. The van der Waals surface area contributed by atoms with E-state index in [0.29, 0.717) is 8.58 Å². The molecule has 28 heavy (non-hydrogen) atoms. The summed E-state index contributed by atoms with van der Waals surface area (Å²) in [6, 6.07) is 18.9. The Kier molecular flexibility index (Phi) is 6.72. The minimum atomic E-state index is 0.213. The number of benzene rings is 3. The third kappa shape index (κ3) is 4.22. The SMILES string of the molecule is COCOc1c(Pc2c(C)cccc2OC)cccc1-c1c(C)cccc1C. The van der Waals surface area contributed by atoms with Gasteiger partial charge in [0.05, 0.1) is 7.11 Å². The predicted octanol–water partition coefficient (Wildman–Crippen LogP) is 4.90. The molecule has 3 aromatic rings. The Hall–Kier alpha value is -2.35. The number of ether oxygens (including phenoxy) is 3. The van der Waals surface area contributed by atoms with Gasteiger partial charge in [-0.1, -0.05) is 57.1 Å². The summed E-state index contributed by atoms with van der Waals surface area (Å²) in [6.07, 6.45) is 0. The molecule has 146 valence electrons. The third-order valence-corrected chi connectivity index (χ3v) is 6.35. The fourth-order valence-corrected chi connectivity index (χ4v) is 4.81. The molecule has 0 saturated carbocycles. The summed E-state index contributed by atoms with van der Waals surface area (Å²) in [4.78, 5) is 0. The second-order valence-electron chi connectivity index (χ2n) is 6.78. The van der Waals surface area contributed by atoms with E-state index in [1.807, 2.05) is 12.1 Å². The molecule has 0 radical (unpaired) electrons. The average molecular weight is 394 g/mol. The molecule has 0 heterocycles. The molecule has 0 aromatic heterocycles. The Morgan fingerprint density at radius 2 is 1.43 bits per heavy atom. The van der Waals surface area contributed by atoms with Gasteiger partial charge in [-0.15, -0.1) is 0 Å². The van der Waals surface area contributed by atoms with Crippen LogP contribution in [0.3, 0.4) is 0 Å². The van der Waals surface area contributed by atoms with Crippen LogP contribution in [0, 0.1) is 20.8 Å². The lowest BCUT2D eigenvalue weighted by Crippen LogP contribution is -2.14. The van der Waals surface area contributed by atoms with E-state index in [0.717, 1.165) is 22.4 Å². The van der Waals surface area contributed by atoms with Gasteiger partial charge in [-0.25, -0.2) is 0 Å². The molecular formula is C24H27O3P. The quantitative estimate of drug-likeness (QED) is 0.421. The molecule has 0 N–H and O–H groups in total. The van der Waals surface area contributed by atoms with E-state index < -0.39 is 0 Å². The first kappa shape index (κ1) is 20.4. The highest BCUT2D eigenvalue weighted by atomic mass is 31.1. The zero-order valence-electron chi connectivity index (χ0n) is 17.1. The third-order valence-electron chi connectivity index (χ3n) is 4.80. The van der Waals surface area contributed by atoms with Crippen LogP contribution >= 0.6 is 8.58 Å². The van der Waals surface area contributed by atoms with Crippen molar-refractivity contribution in [3.05, 3.63) is 71.3 Å². The molecule has 0 fully saturated rings. The number of para-hydroxylation sites is 1. The summed E-state index contributed by atoms with van der Waals surface area (Å²) < 4.78 is 17.0. The number of methoxy groups -OCH3 is 2. The van der Waals surface area contributed by atoms with Gasteiger partial charge in [-0.2, -0.15) is 0 Å². The van der Waals surface area contributed by atoms with Gasteiger partial charge in [0.2, 0.25) is 0 Å². The molecule has 0 amide bonds. The van der Waals surface area contributed by atoms with Crippen LogP contribution in [0.25, 0.3) is 11.1 Å². The van der Waals surface area contributed by atoms with Crippen molar-refractivity contribution in [2.45, 2.75) is 20.8 Å². The van der Waals surface area contributed by atoms with Crippen LogP contribution in [0.5, 0.6) is 11.5 Å². The zero-order chi connectivity index (χ0) is 20.1. The summed E-state index contributed by atoms with van der Waals surface area (Å²) in [6.45, 7) is 6.61. The van der Waals surface area contributed by atoms with Gasteiger partial charge in [-0.3, -0.25) is 0 Å². The van der Waals surface area contributed by atoms with Gasteiger partial charge < -0.3 is 14.2 Å². The second-order valence-corrected chi connectivity index (χ2v) is 8.07. The van der Waals surface area contributed by atoms with Crippen LogP contribution in [-0.4, -0.2) is 21.0 Å². The molecular weight excluding hydrogens is 367 g/mol. The van der Waals surface area contributed by atoms with Crippen molar-refractivity contribution in [2.24, 2.45) is 0 Å². The summed E-state index contributed by atoms with van der Waals surface area (Å²) in [5, 5.41) is 2.34. The highest BCUT2D eigenvalue weighted by Gasteiger charge is 2.17. The van der Waals surface area contributed by atoms with Gasteiger partial charge in [0.15, 0.2) is 6.79 Å². The maximum atomic E-state index is 6.11. The van der Waals surface area contributed by atoms with Crippen molar-refractivity contribution in [1.29, 1.82) is 0 Å². The Bertz CT molecular complexity index is 946. The largest absolute Gasteiger partial charge is 0.496 e. The fourth-order valence-electron chi connectivity index (χ4n) is 3.45. The molecule has 0 aliphatic carbocycles. The number of aryl methyl sites for hydroxylation is 3. The molecule has 3 nitrogen and oxygen atoms in total. The maximum Gasteiger partial charge on any atom is 0.188 e. The molecule has 3 rings (SSSR count). The highest BCUT2D eigenvalue weighted by molar-refractivity contribution is 7.56. The minimum absolute atomic E-state index is 0.213. The van der Waals surface area contributed by atoms with Crippen molar-refractivity contribution in [3.63, 3.8) is 0 Å². The first-order chi connectivity index (χ1) is 13.6. The van der Waals surface area contributed by atoms with Gasteiger partial charge in [0.1, 0.15) is 11.5 Å². The number of hydrogen-bond acceptors (Lipinski definition) is 3. The van der Waals surface area contributed by atoms with Crippen molar-refractivity contribution in [1.82, 2.24) is 0 Å². The van der Waals surface area contributed by atoms with E-state index in [2.05, 4.69) is 63.2 Å². The molecule has 0 saturated heterocycles. The summed E-state index contributed by atoms with van der Waals surface area (Å²) >= 11 is 0. The predicted molar refractivity (Wildman–Crippen MR) is 119 cm³/mol. The van der Waals surface area contributed by atoms with Gasteiger partial charge in [0.25, 0.3) is 0 Å². The first-order valence-electron chi connectivity index (χ1n) is 9.28. The van der Waals surface area contributed by atoms with Crippen LogP contribution < -0.4 is 20.1 Å². The van der Waals surface area contributed by atoms with Crippen molar-refractivity contribution >= 4 is 19.2 Å². The molecule has 0 aliphatic heterocycles. The maximum absolute atomic E-state index is 6.11. The Morgan fingerprint density at radius 3 is 2.11 bits per heavy atom. The molecule has 1 unspecified atom stereocenters. The van der Waals surface area contributed by atoms with Crippen LogP contribution in [0.1, 0.15) is 16.7 Å². The van der Waals surface area contributed by atoms with E-state index in [1.54, 1.807) is 14.2 Å². The fraction of sp³-hybridized carbons (Fsp3) is 0.250. The Labute approximate surface area is 169 Å². The van der Waals surface area contributed by atoms with E-state index >= 15 is 0 Å². The van der Waals surface area contributed by atoms with E-state index in [-0.39, 0.29) is 6.79 Å². The summed E-state index contributed by atoms with van der Waals surface area (Å²) in [5.74, 6) is 1.79. The van der Waals surface area contributed by atoms with Crippen molar-refractivity contribution in [3.8, 4) is 22.6 Å². The second kappa shape index (κ2) is 9.23. The Morgan fingerprint density at radius 1 is 0.786 bits per heavy atom. The van der Waals surface area contributed by atoms with E-state index in [4.69, 9.17) is 14.2 Å². The molecule has 0 spiro atoms. The molecule has 0 bridgehead atoms. The molecule has 4 heteroatoms. The highest BCUT2D eigenvalue weighted by Crippen LogP contribution is 2.37. The lowest BCUT2D eigenvalue weighted by atomic mass is 9.95. The average Bonchev–Trinajstić information content (AvgIpc) is 2.68. The Balaban J connectivity index is 2.15. The lowest BCUT2D eigenvalue weighted by molar-refractivity contribution is 0.0523. The smallest absolute Gasteiger partial charge is 0.188 e. The molecule has 3 aromatic carbocycles. The number of hydrogen-bond donors (Lipinski definition) is 0. The van der Waals surface area contributed by atoms with Gasteiger partial charge in [-0.05, 0) is 49.1 Å². The van der Waals surface area contributed by atoms with Crippen molar-refractivity contribution in [2.75, 3.05) is 21.0 Å². The molecule has 0 aliphatic rings. The van der Waals surface area contributed by atoms with Crippen LogP contribution in [0.4, 0.5) is 0 Å². The van der Waals surface area contributed by atoms with Crippen LogP contribution in [0.15, 0.2) is 54.6 Å². The van der Waals surface area contributed by atoms with Gasteiger partial charge >= 0.3 is 0 Å². The minimum Gasteiger partial charge on any atom is -0.496 e. The monoisotopic (exact) mass is 394 g/mol. The molecule has 1 atom stereocenters. The van der Waals surface area contributed by atoms with Gasteiger partial charge in [0, 0.05) is 23.3 Å². The van der Waals surface area contributed by atoms with E-state index in [9.17, 15) is 0 Å². The lowest BCUT2D eigenvalue weighted by Gasteiger charge is -2.19. The normalized spacial score (nSPS) is 11.2. The standard InChI is InChI=1S/C24H27O3P/c1-16-9-6-10-17(2)22(16)19-12-8-14-21(23(19)27-15-25-4)28-24-18(3)11-7-13-20(24)26-5/h6-14,28H,15H2,1-5H3. The van der Waals surface area contributed by atoms with Crippen LogP contribution in [-0.2, 0) is 4.74 Å². The zero-order valence-corrected chi connectivity index (χ0v) is 18.1. The number of rotatable bonds is 7. The van der Waals surface area contributed by atoms with E-state index in [1.165, 1.54) is 27.6 Å².